The van der Waals surface area contributed by atoms with Crippen molar-refractivity contribution in [2.75, 3.05) is 0 Å². The highest BCUT2D eigenvalue weighted by Gasteiger charge is 2.39. The molecule has 156 valence electrons. The van der Waals surface area contributed by atoms with E-state index in [-0.39, 0.29) is 0 Å². The third-order valence-corrected chi connectivity index (χ3v) is 7.12. The van der Waals surface area contributed by atoms with E-state index in [1.807, 2.05) is 0 Å². The van der Waals surface area contributed by atoms with Gasteiger partial charge < -0.3 is 4.74 Å². The highest BCUT2D eigenvalue weighted by Crippen LogP contribution is 2.52. The molecule has 5 aromatic carbocycles. The van der Waals surface area contributed by atoms with Crippen molar-refractivity contribution in [3.05, 3.63) is 143 Å². The fourth-order valence-electron chi connectivity index (χ4n) is 5.61. The molecule has 1 aliphatic carbocycles. The molecule has 0 radical (unpaired) electrons. The Kier molecular flexibility index (Phi) is 3.89. The molecule has 1 heteroatoms. The van der Waals surface area contributed by atoms with Crippen molar-refractivity contribution in [1.82, 2.24) is 0 Å². The van der Waals surface area contributed by atoms with Crippen LogP contribution in [0.1, 0.15) is 27.8 Å². The molecule has 0 saturated heterocycles. The van der Waals surface area contributed by atoms with Crippen LogP contribution in [-0.4, -0.2) is 0 Å². The summed E-state index contributed by atoms with van der Waals surface area (Å²) in [6, 6.07) is 38.6. The van der Waals surface area contributed by atoms with E-state index < -0.39 is 5.60 Å². The minimum Gasteiger partial charge on any atom is -0.472 e. The Hall–Kier alpha value is -4.10. The van der Waals surface area contributed by atoms with Crippen LogP contribution in [0.15, 0.2) is 115 Å². The smallest absolute Gasteiger partial charge is 0.178 e. The molecule has 1 heterocycles. The number of hydrogen-bond donors (Lipinski definition) is 0. The second kappa shape index (κ2) is 6.95. The standard InChI is InChI=1S/C32H22O/c1-3-12-23(13-4-1)32(24-14-5-2-6-15-24)20-19-28-30-25-16-8-7-11-22(25)21-29(30)26-17-9-10-18-27(26)31(28)33-32/h1-20H,21H2. The lowest BCUT2D eigenvalue weighted by Gasteiger charge is -2.37. The number of fused-ring (bicyclic) bond motifs is 8. The van der Waals surface area contributed by atoms with Crippen LogP contribution < -0.4 is 4.74 Å². The predicted molar refractivity (Wildman–Crippen MR) is 136 cm³/mol. The number of rotatable bonds is 2. The summed E-state index contributed by atoms with van der Waals surface area (Å²) < 4.78 is 7.16. The van der Waals surface area contributed by atoms with Crippen LogP contribution in [0, 0.1) is 0 Å². The van der Waals surface area contributed by atoms with Gasteiger partial charge in [0.05, 0.1) is 0 Å². The summed E-state index contributed by atoms with van der Waals surface area (Å²) in [4.78, 5) is 0. The van der Waals surface area contributed by atoms with Crippen molar-refractivity contribution in [3.63, 3.8) is 0 Å². The van der Waals surface area contributed by atoms with Gasteiger partial charge in [0.2, 0.25) is 0 Å². The van der Waals surface area contributed by atoms with E-state index in [4.69, 9.17) is 4.74 Å². The van der Waals surface area contributed by atoms with Crippen LogP contribution in [0.5, 0.6) is 5.75 Å². The van der Waals surface area contributed by atoms with Gasteiger partial charge in [-0.25, -0.2) is 0 Å². The Morgan fingerprint density at radius 2 is 1.21 bits per heavy atom. The van der Waals surface area contributed by atoms with E-state index in [9.17, 15) is 0 Å². The number of benzene rings is 5. The van der Waals surface area contributed by atoms with Gasteiger partial charge in [0.25, 0.3) is 0 Å². The van der Waals surface area contributed by atoms with Gasteiger partial charge in [0.15, 0.2) is 5.60 Å². The molecule has 0 atom stereocenters. The van der Waals surface area contributed by atoms with Gasteiger partial charge in [-0.05, 0) is 46.2 Å². The van der Waals surface area contributed by atoms with Crippen LogP contribution in [0.2, 0.25) is 0 Å². The van der Waals surface area contributed by atoms with Gasteiger partial charge in [0, 0.05) is 22.1 Å². The van der Waals surface area contributed by atoms with E-state index >= 15 is 0 Å². The molecular formula is C32H22O. The molecule has 0 amide bonds. The molecular weight excluding hydrogens is 400 g/mol. The molecule has 2 aliphatic rings. The quantitative estimate of drug-likeness (QED) is 0.277. The van der Waals surface area contributed by atoms with Crippen LogP contribution in [0.25, 0.3) is 28.0 Å². The zero-order valence-electron chi connectivity index (χ0n) is 18.2. The lowest BCUT2D eigenvalue weighted by Crippen LogP contribution is -2.34. The van der Waals surface area contributed by atoms with Gasteiger partial charge in [-0.15, -0.1) is 0 Å². The predicted octanol–water partition coefficient (Wildman–Crippen LogP) is 7.76. The zero-order chi connectivity index (χ0) is 21.8. The average molecular weight is 423 g/mol. The largest absolute Gasteiger partial charge is 0.472 e. The normalized spacial score (nSPS) is 14.9. The summed E-state index contributed by atoms with van der Waals surface area (Å²) in [5, 5.41) is 2.47. The summed E-state index contributed by atoms with van der Waals surface area (Å²) >= 11 is 0. The first-order valence-electron chi connectivity index (χ1n) is 11.5. The molecule has 0 spiro atoms. The molecule has 0 saturated carbocycles. The van der Waals surface area contributed by atoms with Gasteiger partial charge in [0.1, 0.15) is 5.75 Å². The lowest BCUT2D eigenvalue weighted by atomic mass is 9.82. The van der Waals surface area contributed by atoms with Crippen molar-refractivity contribution < 1.29 is 4.74 Å². The van der Waals surface area contributed by atoms with Crippen molar-refractivity contribution >= 4 is 16.8 Å². The van der Waals surface area contributed by atoms with E-state index in [1.165, 1.54) is 38.6 Å². The monoisotopic (exact) mass is 422 g/mol. The first kappa shape index (κ1) is 18.5. The maximum atomic E-state index is 7.16. The summed E-state index contributed by atoms with van der Waals surface area (Å²) in [5.74, 6) is 0.969. The van der Waals surface area contributed by atoms with Crippen LogP contribution in [0.4, 0.5) is 0 Å². The first-order chi connectivity index (χ1) is 16.4. The molecule has 1 nitrogen and oxygen atoms in total. The van der Waals surface area contributed by atoms with E-state index in [0.717, 1.165) is 23.3 Å². The average Bonchev–Trinajstić information content (AvgIpc) is 3.30. The number of ether oxygens (including phenoxy) is 1. The van der Waals surface area contributed by atoms with E-state index in [0.29, 0.717) is 0 Å². The Labute approximate surface area is 193 Å². The second-order valence-electron chi connectivity index (χ2n) is 8.88. The molecule has 7 rings (SSSR count). The highest BCUT2D eigenvalue weighted by molar-refractivity contribution is 6.04. The fraction of sp³-hybridized carbons (Fsp3) is 0.0625. The van der Waals surface area contributed by atoms with Crippen molar-refractivity contribution in [3.8, 4) is 16.9 Å². The second-order valence-corrected chi connectivity index (χ2v) is 8.88. The Bertz CT molecular complexity index is 1510. The fourth-order valence-corrected chi connectivity index (χ4v) is 5.61. The van der Waals surface area contributed by atoms with Crippen LogP contribution in [0.3, 0.4) is 0 Å². The van der Waals surface area contributed by atoms with E-state index in [2.05, 4.69) is 121 Å². The van der Waals surface area contributed by atoms with Crippen molar-refractivity contribution in [1.29, 1.82) is 0 Å². The Morgan fingerprint density at radius 3 is 1.94 bits per heavy atom. The van der Waals surface area contributed by atoms with Gasteiger partial charge in [-0.2, -0.15) is 0 Å². The zero-order valence-corrected chi connectivity index (χ0v) is 18.2. The SMILES string of the molecule is C1=CC(c2ccccc2)(c2ccccc2)Oc2c1c1c(c3ccccc23)Cc2ccccc2-1. The minimum atomic E-state index is -0.676. The third kappa shape index (κ3) is 2.60. The van der Waals surface area contributed by atoms with Crippen molar-refractivity contribution in [2.24, 2.45) is 0 Å². The van der Waals surface area contributed by atoms with Crippen LogP contribution >= 0.6 is 0 Å². The lowest BCUT2D eigenvalue weighted by molar-refractivity contribution is 0.163. The molecule has 5 aromatic rings. The highest BCUT2D eigenvalue weighted by atomic mass is 16.5. The molecule has 0 aromatic heterocycles. The van der Waals surface area contributed by atoms with Gasteiger partial charge >= 0.3 is 0 Å². The van der Waals surface area contributed by atoms with Gasteiger partial charge in [-0.1, -0.05) is 109 Å². The van der Waals surface area contributed by atoms with E-state index in [1.54, 1.807) is 0 Å². The summed E-state index contributed by atoms with van der Waals surface area (Å²) in [6.07, 6.45) is 5.51. The molecule has 1 aliphatic heterocycles. The summed E-state index contributed by atoms with van der Waals surface area (Å²) in [5.41, 5.74) is 8.22. The maximum absolute atomic E-state index is 7.16. The van der Waals surface area contributed by atoms with Crippen molar-refractivity contribution in [2.45, 2.75) is 12.0 Å². The number of hydrogen-bond acceptors (Lipinski definition) is 1. The molecule has 0 fully saturated rings. The molecule has 0 unspecified atom stereocenters. The Morgan fingerprint density at radius 1 is 0.606 bits per heavy atom. The van der Waals surface area contributed by atoms with Gasteiger partial charge in [-0.3, -0.25) is 0 Å². The third-order valence-electron chi connectivity index (χ3n) is 7.12. The first-order valence-corrected chi connectivity index (χ1v) is 11.5. The topological polar surface area (TPSA) is 9.23 Å². The molecule has 0 bridgehead atoms. The summed E-state index contributed by atoms with van der Waals surface area (Å²) in [6.45, 7) is 0. The summed E-state index contributed by atoms with van der Waals surface area (Å²) in [7, 11) is 0. The minimum absolute atomic E-state index is 0.676. The maximum Gasteiger partial charge on any atom is 0.178 e. The molecule has 0 N–H and O–H groups in total. The molecule has 33 heavy (non-hydrogen) atoms. The Balaban J connectivity index is 1.56. The van der Waals surface area contributed by atoms with Crippen LogP contribution in [-0.2, 0) is 12.0 Å².